The lowest BCUT2D eigenvalue weighted by atomic mass is 10.0. The first-order chi connectivity index (χ1) is 11.4. The summed E-state index contributed by atoms with van der Waals surface area (Å²) in [5.41, 5.74) is 0.819. The van der Waals surface area contributed by atoms with Gasteiger partial charge in [0.25, 0.3) is 11.8 Å². The van der Waals surface area contributed by atoms with E-state index in [-0.39, 0.29) is 30.5 Å². The monoisotopic (exact) mass is 328 g/mol. The summed E-state index contributed by atoms with van der Waals surface area (Å²) in [7, 11) is 0. The van der Waals surface area contributed by atoms with Crippen LogP contribution in [0.1, 0.15) is 39.1 Å². The minimum atomic E-state index is -1.01. The molecule has 0 aromatic heterocycles. The van der Waals surface area contributed by atoms with E-state index in [1.54, 1.807) is 12.1 Å². The predicted octanol–water partition coefficient (Wildman–Crippen LogP) is -0.462. The minimum Gasteiger partial charge on any atom is -0.352 e. The number of imide groups is 2. The van der Waals surface area contributed by atoms with E-state index in [1.165, 1.54) is 6.07 Å². The number of piperidine rings is 1. The number of fused-ring (bicyclic) bond motifs is 1. The SMILES string of the molecule is [CH2]C(=O)NCc1cccc2c1C(=O)N(C1CCC(=O)NC1=O)C2=O. The first-order valence-electron chi connectivity index (χ1n) is 7.33. The van der Waals surface area contributed by atoms with Gasteiger partial charge in [0, 0.05) is 19.9 Å². The van der Waals surface area contributed by atoms with Crippen molar-refractivity contribution in [3.05, 3.63) is 41.8 Å². The number of nitrogens with one attached hydrogen (secondary N) is 2. The van der Waals surface area contributed by atoms with Crippen molar-refractivity contribution in [1.82, 2.24) is 15.5 Å². The van der Waals surface area contributed by atoms with Crippen LogP contribution < -0.4 is 10.6 Å². The van der Waals surface area contributed by atoms with Gasteiger partial charge in [0.15, 0.2) is 0 Å². The average Bonchev–Trinajstić information content (AvgIpc) is 2.78. The number of amides is 5. The smallest absolute Gasteiger partial charge is 0.262 e. The maximum atomic E-state index is 12.7. The Labute approximate surface area is 137 Å². The lowest BCUT2D eigenvalue weighted by Crippen LogP contribution is -2.54. The summed E-state index contributed by atoms with van der Waals surface area (Å²) < 4.78 is 0. The summed E-state index contributed by atoms with van der Waals surface area (Å²) >= 11 is 0. The molecular weight excluding hydrogens is 314 g/mol. The molecule has 3 rings (SSSR count). The second-order valence-corrected chi connectivity index (χ2v) is 5.56. The first-order valence-corrected chi connectivity index (χ1v) is 7.33. The molecular formula is C16H14N3O5. The standard InChI is InChI=1S/C16H14N3O5/c1-8(20)17-7-9-3-2-4-10-13(9)16(24)19(15(10)23)11-5-6-12(21)18-14(11)22/h2-4,11H,1,5-7H2,(H,17,20)(H,18,21,22). The molecule has 5 amide bonds. The van der Waals surface area contributed by atoms with Gasteiger partial charge in [0.1, 0.15) is 6.04 Å². The van der Waals surface area contributed by atoms with Crippen molar-refractivity contribution in [3.63, 3.8) is 0 Å². The molecule has 1 atom stereocenters. The zero-order chi connectivity index (χ0) is 17.4. The fraction of sp³-hybridized carbons (Fsp3) is 0.250. The molecule has 8 nitrogen and oxygen atoms in total. The van der Waals surface area contributed by atoms with Crippen molar-refractivity contribution in [2.24, 2.45) is 0 Å². The lowest BCUT2D eigenvalue weighted by Gasteiger charge is -2.27. The van der Waals surface area contributed by atoms with Crippen molar-refractivity contribution in [2.45, 2.75) is 25.4 Å². The Morgan fingerprint density at radius 3 is 2.67 bits per heavy atom. The van der Waals surface area contributed by atoms with Crippen LogP contribution in [0, 0.1) is 6.92 Å². The molecule has 2 heterocycles. The Hall–Kier alpha value is -3.03. The molecule has 0 spiro atoms. The highest BCUT2D eigenvalue weighted by Gasteiger charge is 2.45. The fourth-order valence-corrected chi connectivity index (χ4v) is 2.93. The Morgan fingerprint density at radius 1 is 1.25 bits per heavy atom. The second kappa shape index (κ2) is 5.88. The van der Waals surface area contributed by atoms with Gasteiger partial charge in [-0.3, -0.25) is 34.2 Å². The van der Waals surface area contributed by atoms with Crippen molar-refractivity contribution in [1.29, 1.82) is 0 Å². The minimum absolute atomic E-state index is 0.0493. The van der Waals surface area contributed by atoms with E-state index in [0.29, 0.717) is 5.56 Å². The summed E-state index contributed by atoms with van der Waals surface area (Å²) in [4.78, 5) is 60.4. The normalized spacial score (nSPS) is 20.0. The van der Waals surface area contributed by atoms with E-state index in [4.69, 9.17) is 0 Å². The van der Waals surface area contributed by atoms with E-state index >= 15 is 0 Å². The molecule has 1 aromatic carbocycles. The molecule has 1 radical (unpaired) electrons. The van der Waals surface area contributed by atoms with Crippen LogP contribution in [0.2, 0.25) is 0 Å². The predicted molar refractivity (Wildman–Crippen MR) is 80.3 cm³/mol. The Morgan fingerprint density at radius 2 is 2.00 bits per heavy atom. The van der Waals surface area contributed by atoms with Gasteiger partial charge in [-0.05, 0) is 18.1 Å². The highest BCUT2D eigenvalue weighted by atomic mass is 16.2. The number of hydrogen-bond donors (Lipinski definition) is 2. The third-order valence-corrected chi connectivity index (χ3v) is 4.03. The number of rotatable bonds is 3. The fourth-order valence-electron chi connectivity index (χ4n) is 2.93. The zero-order valence-corrected chi connectivity index (χ0v) is 12.6. The van der Waals surface area contributed by atoms with Gasteiger partial charge in [-0.25, -0.2) is 0 Å². The number of hydrogen-bond acceptors (Lipinski definition) is 5. The molecule has 0 bridgehead atoms. The summed E-state index contributed by atoms with van der Waals surface area (Å²) in [5, 5.41) is 4.62. The van der Waals surface area contributed by atoms with Gasteiger partial charge < -0.3 is 5.32 Å². The summed E-state index contributed by atoms with van der Waals surface area (Å²) in [6, 6.07) is 3.71. The molecule has 8 heteroatoms. The molecule has 123 valence electrons. The van der Waals surface area contributed by atoms with E-state index in [2.05, 4.69) is 17.6 Å². The van der Waals surface area contributed by atoms with Crippen molar-refractivity contribution < 1.29 is 24.0 Å². The van der Waals surface area contributed by atoms with E-state index in [9.17, 15) is 24.0 Å². The Balaban J connectivity index is 1.94. The summed E-state index contributed by atoms with van der Waals surface area (Å²) in [6.45, 7) is 3.24. The van der Waals surface area contributed by atoms with E-state index < -0.39 is 35.6 Å². The van der Waals surface area contributed by atoms with Crippen LogP contribution in [-0.4, -0.2) is 40.5 Å². The van der Waals surface area contributed by atoms with Crippen LogP contribution in [0.5, 0.6) is 0 Å². The molecule has 1 fully saturated rings. The van der Waals surface area contributed by atoms with Crippen molar-refractivity contribution in [3.8, 4) is 0 Å². The molecule has 0 aliphatic carbocycles. The Kier molecular flexibility index (Phi) is 3.88. The highest BCUT2D eigenvalue weighted by molar-refractivity contribution is 6.24. The first kappa shape index (κ1) is 15.9. The number of nitrogens with zero attached hydrogens (tertiary/aromatic N) is 1. The topological polar surface area (TPSA) is 113 Å². The van der Waals surface area contributed by atoms with Gasteiger partial charge in [0.05, 0.1) is 11.1 Å². The van der Waals surface area contributed by atoms with Gasteiger partial charge in [-0.1, -0.05) is 12.1 Å². The second-order valence-electron chi connectivity index (χ2n) is 5.56. The van der Waals surface area contributed by atoms with Crippen LogP contribution in [0.25, 0.3) is 0 Å². The van der Waals surface area contributed by atoms with Gasteiger partial charge >= 0.3 is 0 Å². The van der Waals surface area contributed by atoms with Crippen LogP contribution in [0.3, 0.4) is 0 Å². The molecule has 2 aliphatic rings. The van der Waals surface area contributed by atoms with E-state index in [0.717, 1.165) is 4.90 Å². The van der Waals surface area contributed by atoms with Gasteiger partial charge in [-0.15, -0.1) is 0 Å². The quantitative estimate of drug-likeness (QED) is 0.729. The molecule has 1 unspecified atom stereocenters. The molecule has 0 saturated carbocycles. The number of benzene rings is 1. The van der Waals surface area contributed by atoms with Crippen LogP contribution >= 0.6 is 0 Å². The average molecular weight is 328 g/mol. The Bertz CT molecular complexity index is 786. The molecule has 1 aromatic rings. The van der Waals surface area contributed by atoms with Crippen molar-refractivity contribution in [2.75, 3.05) is 0 Å². The van der Waals surface area contributed by atoms with Crippen LogP contribution in [-0.2, 0) is 20.9 Å². The molecule has 2 aliphatic heterocycles. The van der Waals surface area contributed by atoms with Crippen LogP contribution in [0.4, 0.5) is 0 Å². The van der Waals surface area contributed by atoms with E-state index in [1.807, 2.05) is 0 Å². The largest absolute Gasteiger partial charge is 0.352 e. The van der Waals surface area contributed by atoms with Crippen LogP contribution in [0.15, 0.2) is 18.2 Å². The maximum absolute atomic E-state index is 12.7. The maximum Gasteiger partial charge on any atom is 0.262 e. The molecule has 2 N–H and O–H groups in total. The summed E-state index contributed by atoms with van der Waals surface area (Å²) in [6.07, 6.45) is 0.162. The summed E-state index contributed by atoms with van der Waals surface area (Å²) in [5.74, 6) is -2.77. The lowest BCUT2D eigenvalue weighted by molar-refractivity contribution is -0.136. The number of carbonyl (C=O) groups is 5. The molecule has 1 saturated heterocycles. The third-order valence-electron chi connectivity index (χ3n) is 4.03. The van der Waals surface area contributed by atoms with Gasteiger partial charge in [0.2, 0.25) is 17.7 Å². The van der Waals surface area contributed by atoms with Crippen molar-refractivity contribution >= 4 is 29.5 Å². The highest BCUT2D eigenvalue weighted by Crippen LogP contribution is 2.29. The zero-order valence-electron chi connectivity index (χ0n) is 12.6. The van der Waals surface area contributed by atoms with Gasteiger partial charge in [-0.2, -0.15) is 0 Å². The third kappa shape index (κ3) is 2.55. The molecule has 24 heavy (non-hydrogen) atoms. The number of carbonyl (C=O) groups excluding carboxylic acids is 5.